The molecule has 1 spiro atoms. The Bertz CT molecular complexity index is 424. The molecule has 3 rings (SSSR count). The van der Waals surface area contributed by atoms with Crippen molar-refractivity contribution in [1.29, 1.82) is 0 Å². The highest BCUT2D eigenvalue weighted by Crippen LogP contribution is 2.44. The van der Waals surface area contributed by atoms with E-state index in [1.54, 1.807) is 0 Å². The van der Waals surface area contributed by atoms with Crippen molar-refractivity contribution >= 4 is 11.6 Å². The van der Waals surface area contributed by atoms with E-state index in [9.17, 15) is 0 Å². The number of piperidine rings is 1. The topological polar surface area (TPSA) is 21.3 Å². The van der Waals surface area contributed by atoms with Crippen LogP contribution in [0, 0.1) is 6.92 Å². The van der Waals surface area contributed by atoms with Crippen LogP contribution in [0.1, 0.15) is 29.5 Å². The lowest BCUT2D eigenvalue weighted by molar-refractivity contribution is -0.0590. The predicted molar refractivity (Wildman–Crippen MR) is 64.8 cm³/mol. The summed E-state index contributed by atoms with van der Waals surface area (Å²) >= 11 is 6.22. The molecule has 1 saturated heterocycles. The number of aryl methyl sites for hydroxylation is 1. The van der Waals surface area contributed by atoms with E-state index in [4.69, 9.17) is 16.3 Å². The van der Waals surface area contributed by atoms with E-state index in [-0.39, 0.29) is 5.60 Å². The molecule has 1 aromatic carbocycles. The fourth-order valence-corrected chi connectivity index (χ4v) is 2.99. The molecule has 16 heavy (non-hydrogen) atoms. The van der Waals surface area contributed by atoms with Crippen LogP contribution in [-0.4, -0.2) is 13.1 Å². The van der Waals surface area contributed by atoms with Gasteiger partial charge in [0.1, 0.15) is 0 Å². The Labute approximate surface area is 101 Å². The molecule has 3 heteroatoms. The summed E-state index contributed by atoms with van der Waals surface area (Å²) in [5.74, 6) is 0. The molecular formula is C13H16ClNO. The number of hydrogen-bond acceptors (Lipinski definition) is 2. The summed E-state index contributed by atoms with van der Waals surface area (Å²) < 4.78 is 6.06. The third-order valence-electron chi connectivity index (χ3n) is 3.79. The summed E-state index contributed by atoms with van der Waals surface area (Å²) in [5.41, 5.74) is 3.74. The minimum atomic E-state index is -0.0576. The molecule has 2 heterocycles. The minimum absolute atomic E-state index is 0.0576. The van der Waals surface area contributed by atoms with Crippen molar-refractivity contribution in [2.75, 3.05) is 13.1 Å². The Balaban J connectivity index is 2.07. The largest absolute Gasteiger partial charge is 0.365 e. The first kappa shape index (κ1) is 10.6. The maximum atomic E-state index is 6.22. The van der Waals surface area contributed by atoms with Gasteiger partial charge in [0.15, 0.2) is 0 Å². The summed E-state index contributed by atoms with van der Waals surface area (Å²) in [6.45, 7) is 4.86. The Morgan fingerprint density at radius 2 is 2.06 bits per heavy atom. The molecule has 0 atom stereocenters. The van der Waals surface area contributed by atoms with E-state index in [2.05, 4.69) is 24.4 Å². The molecule has 0 unspecified atom stereocenters. The average molecular weight is 238 g/mol. The van der Waals surface area contributed by atoms with Crippen LogP contribution in [0.3, 0.4) is 0 Å². The van der Waals surface area contributed by atoms with E-state index in [0.29, 0.717) is 0 Å². The van der Waals surface area contributed by atoms with Gasteiger partial charge in [-0.3, -0.25) is 0 Å². The van der Waals surface area contributed by atoms with Crippen LogP contribution >= 0.6 is 11.6 Å². The van der Waals surface area contributed by atoms with Gasteiger partial charge >= 0.3 is 0 Å². The molecule has 2 aliphatic heterocycles. The first-order valence-corrected chi connectivity index (χ1v) is 6.23. The smallest absolute Gasteiger partial charge is 0.0964 e. The summed E-state index contributed by atoms with van der Waals surface area (Å²) in [7, 11) is 0. The summed E-state index contributed by atoms with van der Waals surface area (Å²) in [6, 6.07) is 4.29. The van der Waals surface area contributed by atoms with Crippen molar-refractivity contribution in [3.05, 3.63) is 33.8 Å². The van der Waals surface area contributed by atoms with Crippen LogP contribution in [0.5, 0.6) is 0 Å². The second-order valence-corrected chi connectivity index (χ2v) is 5.20. The maximum absolute atomic E-state index is 6.22. The van der Waals surface area contributed by atoms with Gasteiger partial charge in [0.2, 0.25) is 0 Å². The zero-order valence-corrected chi connectivity index (χ0v) is 10.2. The van der Waals surface area contributed by atoms with Crippen molar-refractivity contribution < 1.29 is 4.74 Å². The highest BCUT2D eigenvalue weighted by atomic mass is 35.5. The average Bonchev–Trinajstić information content (AvgIpc) is 2.60. The molecule has 86 valence electrons. The van der Waals surface area contributed by atoms with Crippen LogP contribution in [0.4, 0.5) is 0 Å². The van der Waals surface area contributed by atoms with Crippen molar-refractivity contribution in [1.82, 2.24) is 5.32 Å². The lowest BCUT2D eigenvalue weighted by Crippen LogP contribution is -2.39. The summed E-state index contributed by atoms with van der Waals surface area (Å²) in [6.07, 6.45) is 2.11. The van der Waals surface area contributed by atoms with Crippen LogP contribution < -0.4 is 5.32 Å². The molecule has 0 aromatic heterocycles. The van der Waals surface area contributed by atoms with Gasteiger partial charge in [0.25, 0.3) is 0 Å². The normalized spacial score (nSPS) is 22.4. The first-order valence-electron chi connectivity index (χ1n) is 5.85. The number of hydrogen-bond donors (Lipinski definition) is 1. The lowest BCUT2D eigenvalue weighted by Gasteiger charge is -2.34. The minimum Gasteiger partial charge on any atom is -0.365 e. The number of halogens is 1. The molecule has 2 aliphatic rings. The Hall–Kier alpha value is -0.570. The van der Waals surface area contributed by atoms with Gasteiger partial charge < -0.3 is 10.1 Å². The molecule has 1 fully saturated rings. The molecule has 1 N–H and O–H groups in total. The van der Waals surface area contributed by atoms with Crippen LogP contribution in [0.15, 0.2) is 12.1 Å². The fourth-order valence-electron chi connectivity index (χ4n) is 2.82. The summed E-state index contributed by atoms with van der Waals surface area (Å²) in [5, 5.41) is 4.24. The van der Waals surface area contributed by atoms with Crippen molar-refractivity contribution in [3.63, 3.8) is 0 Å². The standard InChI is InChI=1S/C13H16ClNO/c1-9-6-10-8-16-13(2-4-15-5-3-13)11(10)7-12(9)14/h6-7,15H,2-5,8H2,1H3. The lowest BCUT2D eigenvalue weighted by atomic mass is 9.84. The SMILES string of the molecule is Cc1cc2c(cc1Cl)C1(CCNCC1)OC2. The number of benzene rings is 1. The molecule has 0 aliphatic carbocycles. The van der Waals surface area contributed by atoms with E-state index < -0.39 is 0 Å². The Kier molecular flexibility index (Phi) is 2.46. The van der Waals surface area contributed by atoms with E-state index >= 15 is 0 Å². The van der Waals surface area contributed by atoms with E-state index in [0.717, 1.165) is 43.1 Å². The molecule has 1 aromatic rings. The van der Waals surface area contributed by atoms with Crippen molar-refractivity contribution in [2.45, 2.75) is 32.0 Å². The van der Waals surface area contributed by atoms with Crippen molar-refractivity contribution in [2.24, 2.45) is 0 Å². The molecule has 2 nitrogen and oxygen atoms in total. The number of rotatable bonds is 0. The first-order chi connectivity index (χ1) is 7.71. The third-order valence-corrected chi connectivity index (χ3v) is 4.20. The molecule has 0 bridgehead atoms. The predicted octanol–water partition coefficient (Wildman–Crippen LogP) is 2.76. The highest BCUT2D eigenvalue weighted by Gasteiger charge is 2.41. The van der Waals surface area contributed by atoms with Gasteiger partial charge in [-0.05, 0) is 55.6 Å². The van der Waals surface area contributed by atoms with Gasteiger partial charge in [-0.25, -0.2) is 0 Å². The zero-order valence-electron chi connectivity index (χ0n) is 9.48. The van der Waals surface area contributed by atoms with Gasteiger partial charge in [-0.15, -0.1) is 0 Å². The Morgan fingerprint density at radius 1 is 1.31 bits per heavy atom. The van der Waals surface area contributed by atoms with Gasteiger partial charge in [0.05, 0.1) is 12.2 Å². The highest BCUT2D eigenvalue weighted by molar-refractivity contribution is 6.31. The second-order valence-electron chi connectivity index (χ2n) is 4.79. The molecule has 0 radical (unpaired) electrons. The van der Waals surface area contributed by atoms with Crippen LogP contribution in [0.25, 0.3) is 0 Å². The zero-order chi connectivity index (χ0) is 11.2. The number of ether oxygens (including phenoxy) is 1. The van der Waals surface area contributed by atoms with E-state index in [1.807, 2.05) is 0 Å². The van der Waals surface area contributed by atoms with Crippen LogP contribution in [-0.2, 0) is 16.9 Å². The number of fused-ring (bicyclic) bond motifs is 2. The van der Waals surface area contributed by atoms with Gasteiger partial charge in [0, 0.05) is 5.02 Å². The summed E-state index contributed by atoms with van der Waals surface area (Å²) in [4.78, 5) is 0. The van der Waals surface area contributed by atoms with Gasteiger partial charge in [-0.1, -0.05) is 17.7 Å². The molecule has 0 saturated carbocycles. The van der Waals surface area contributed by atoms with Crippen LogP contribution in [0.2, 0.25) is 5.02 Å². The second kappa shape index (κ2) is 3.73. The molecule has 0 amide bonds. The maximum Gasteiger partial charge on any atom is 0.0964 e. The molecular weight excluding hydrogens is 222 g/mol. The van der Waals surface area contributed by atoms with Crippen molar-refractivity contribution in [3.8, 4) is 0 Å². The Morgan fingerprint density at radius 3 is 2.81 bits per heavy atom. The third kappa shape index (κ3) is 1.48. The monoisotopic (exact) mass is 237 g/mol. The van der Waals surface area contributed by atoms with E-state index in [1.165, 1.54) is 11.1 Å². The van der Waals surface area contributed by atoms with Gasteiger partial charge in [-0.2, -0.15) is 0 Å². The fraction of sp³-hybridized carbons (Fsp3) is 0.538. The number of nitrogens with one attached hydrogen (secondary N) is 1. The quantitative estimate of drug-likeness (QED) is 0.749.